The number of ether oxygens (including phenoxy) is 1. The van der Waals surface area contributed by atoms with E-state index in [1.165, 1.54) is 0 Å². The highest BCUT2D eigenvalue weighted by Crippen LogP contribution is 2.36. The summed E-state index contributed by atoms with van der Waals surface area (Å²) in [5, 5.41) is 15.5. The van der Waals surface area contributed by atoms with Gasteiger partial charge in [0.1, 0.15) is 11.3 Å². The van der Waals surface area contributed by atoms with Gasteiger partial charge in [-0.05, 0) is 56.7 Å². The summed E-state index contributed by atoms with van der Waals surface area (Å²) in [6.07, 6.45) is -0.170. The maximum Gasteiger partial charge on any atom is 0.338 e. The Labute approximate surface area is 187 Å². The first kappa shape index (κ1) is 21.4. The van der Waals surface area contributed by atoms with Gasteiger partial charge in [0, 0.05) is 22.3 Å². The van der Waals surface area contributed by atoms with Crippen LogP contribution in [0.15, 0.2) is 78.9 Å². The minimum Gasteiger partial charge on any atom is -0.505 e. The highest BCUT2D eigenvalue weighted by molar-refractivity contribution is 5.90. The average Bonchev–Trinajstić information content (AvgIpc) is 2.79. The molecule has 0 saturated heterocycles. The number of pyridine rings is 1. The number of esters is 1. The summed E-state index contributed by atoms with van der Waals surface area (Å²) in [7, 11) is 0. The van der Waals surface area contributed by atoms with E-state index in [-0.39, 0.29) is 23.9 Å². The zero-order valence-corrected chi connectivity index (χ0v) is 18.4. The van der Waals surface area contributed by atoms with Gasteiger partial charge in [0.2, 0.25) is 0 Å². The Hall–Kier alpha value is -3.86. The molecule has 0 spiro atoms. The molecule has 5 heteroatoms. The van der Waals surface area contributed by atoms with Crippen LogP contribution in [0.5, 0.6) is 5.75 Å². The van der Waals surface area contributed by atoms with E-state index in [0.717, 1.165) is 27.9 Å². The average molecular weight is 427 g/mol. The number of rotatable bonds is 6. The fraction of sp³-hybridized carbons (Fsp3) is 0.185. The topological polar surface area (TPSA) is 71.5 Å². The largest absolute Gasteiger partial charge is 0.505 e. The number of hydrogen-bond donors (Lipinski definition) is 2. The lowest BCUT2D eigenvalue weighted by Crippen LogP contribution is -2.14. The quantitative estimate of drug-likeness (QED) is 0.369. The SMILES string of the molecule is Cc1ccc2ccc(C(Nc3ccc(C(=O)OC(C)C)cc3)c3ccccc3)c(O)c2n1. The van der Waals surface area contributed by atoms with Crippen LogP contribution in [0, 0.1) is 6.92 Å². The summed E-state index contributed by atoms with van der Waals surface area (Å²) in [5.74, 6) is -0.190. The third kappa shape index (κ3) is 4.57. The summed E-state index contributed by atoms with van der Waals surface area (Å²) in [5.41, 5.74) is 4.46. The number of phenolic OH excluding ortho intramolecular Hbond substituents is 1. The number of carbonyl (C=O) groups excluding carboxylic acids is 1. The molecule has 4 aromatic rings. The van der Waals surface area contributed by atoms with Gasteiger partial charge in [0.25, 0.3) is 0 Å². The molecule has 1 aromatic heterocycles. The number of anilines is 1. The summed E-state index contributed by atoms with van der Waals surface area (Å²) in [4.78, 5) is 16.7. The molecule has 0 bridgehead atoms. The number of phenols is 1. The number of aryl methyl sites for hydroxylation is 1. The van der Waals surface area contributed by atoms with Crippen molar-refractivity contribution in [3.8, 4) is 5.75 Å². The normalized spacial score (nSPS) is 12.0. The first-order valence-electron chi connectivity index (χ1n) is 10.6. The predicted molar refractivity (Wildman–Crippen MR) is 127 cm³/mol. The van der Waals surface area contributed by atoms with Crippen molar-refractivity contribution in [2.75, 3.05) is 5.32 Å². The zero-order valence-electron chi connectivity index (χ0n) is 18.4. The molecule has 1 heterocycles. The smallest absolute Gasteiger partial charge is 0.338 e. The molecule has 3 aromatic carbocycles. The number of hydrogen-bond acceptors (Lipinski definition) is 5. The minimum atomic E-state index is -0.347. The van der Waals surface area contributed by atoms with Gasteiger partial charge in [-0.15, -0.1) is 0 Å². The number of nitrogens with zero attached hydrogens (tertiary/aromatic N) is 1. The lowest BCUT2D eigenvalue weighted by atomic mass is 9.96. The summed E-state index contributed by atoms with van der Waals surface area (Å²) in [6.45, 7) is 5.56. The van der Waals surface area contributed by atoms with Crippen molar-refractivity contribution >= 4 is 22.6 Å². The van der Waals surface area contributed by atoms with Gasteiger partial charge >= 0.3 is 5.97 Å². The maximum absolute atomic E-state index is 12.1. The van der Waals surface area contributed by atoms with Gasteiger partial charge in [0.05, 0.1) is 17.7 Å². The van der Waals surface area contributed by atoms with E-state index in [2.05, 4.69) is 10.3 Å². The maximum atomic E-state index is 12.1. The third-order valence-corrected chi connectivity index (χ3v) is 5.22. The van der Waals surface area contributed by atoms with Gasteiger partial charge in [-0.1, -0.05) is 48.5 Å². The van der Waals surface area contributed by atoms with Gasteiger partial charge < -0.3 is 15.2 Å². The van der Waals surface area contributed by atoms with Crippen molar-refractivity contribution in [3.05, 3.63) is 101 Å². The van der Waals surface area contributed by atoms with Crippen molar-refractivity contribution in [1.29, 1.82) is 0 Å². The van der Waals surface area contributed by atoms with Crippen LogP contribution < -0.4 is 5.32 Å². The molecule has 4 rings (SSSR count). The van der Waals surface area contributed by atoms with E-state index in [4.69, 9.17) is 4.74 Å². The fourth-order valence-corrected chi connectivity index (χ4v) is 3.66. The van der Waals surface area contributed by atoms with Crippen molar-refractivity contribution < 1.29 is 14.6 Å². The standard InChI is InChI=1S/C27H26N2O3/c1-17(2)32-27(31)21-11-14-22(15-12-21)29-24(19-7-5-4-6-8-19)23-16-13-20-10-9-18(3)28-25(20)26(23)30/h4-17,24,29-30H,1-3H3. The van der Waals surface area contributed by atoms with Crippen LogP contribution in [0.2, 0.25) is 0 Å². The van der Waals surface area contributed by atoms with Crippen molar-refractivity contribution in [3.63, 3.8) is 0 Å². The number of aromatic nitrogens is 1. The highest BCUT2D eigenvalue weighted by atomic mass is 16.5. The summed E-state index contributed by atoms with van der Waals surface area (Å²) < 4.78 is 5.26. The van der Waals surface area contributed by atoms with Crippen molar-refractivity contribution in [2.45, 2.75) is 32.9 Å². The molecular formula is C27H26N2O3. The number of nitrogens with one attached hydrogen (secondary N) is 1. The lowest BCUT2D eigenvalue weighted by molar-refractivity contribution is 0.0378. The molecule has 2 N–H and O–H groups in total. The molecule has 32 heavy (non-hydrogen) atoms. The third-order valence-electron chi connectivity index (χ3n) is 5.22. The summed E-state index contributed by atoms with van der Waals surface area (Å²) >= 11 is 0. The Morgan fingerprint density at radius 3 is 2.31 bits per heavy atom. The monoisotopic (exact) mass is 426 g/mol. The second-order valence-corrected chi connectivity index (χ2v) is 8.05. The minimum absolute atomic E-state index is 0.157. The van der Waals surface area contributed by atoms with E-state index in [1.807, 2.05) is 87.5 Å². The first-order valence-corrected chi connectivity index (χ1v) is 10.6. The Morgan fingerprint density at radius 2 is 1.62 bits per heavy atom. The molecule has 1 atom stereocenters. The van der Waals surface area contributed by atoms with E-state index >= 15 is 0 Å². The molecular weight excluding hydrogens is 400 g/mol. The highest BCUT2D eigenvalue weighted by Gasteiger charge is 2.20. The van der Waals surface area contributed by atoms with Gasteiger partial charge in [0.15, 0.2) is 0 Å². The van der Waals surface area contributed by atoms with E-state index in [1.54, 1.807) is 12.1 Å². The second kappa shape index (κ2) is 9.10. The van der Waals surface area contributed by atoms with Crippen LogP contribution in [0.1, 0.15) is 47.1 Å². The van der Waals surface area contributed by atoms with Crippen LogP contribution in [-0.4, -0.2) is 22.2 Å². The van der Waals surface area contributed by atoms with E-state index in [0.29, 0.717) is 11.1 Å². The fourth-order valence-electron chi connectivity index (χ4n) is 3.66. The molecule has 1 unspecified atom stereocenters. The van der Waals surface area contributed by atoms with Crippen molar-refractivity contribution in [1.82, 2.24) is 4.98 Å². The van der Waals surface area contributed by atoms with Gasteiger partial charge in [-0.25, -0.2) is 9.78 Å². The zero-order chi connectivity index (χ0) is 22.7. The summed E-state index contributed by atoms with van der Waals surface area (Å²) in [6, 6.07) is 24.6. The molecule has 0 amide bonds. The van der Waals surface area contributed by atoms with Crippen LogP contribution in [0.4, 0.5) is 5.69 Å². The molecule has 0 saturated carbocycles. The molecule has 0 aliphatic heterocycles. The molecule has 162 valence electrons. The van der Waals surface area contributed by atoms with Gasteiger partial charge in [-0.2, -0.15) is 0 Å². The number of aromatic hydroxyl groups is 1. The molecule has 0 aliphatic rings. The Morgan fingerprint density at radius 1 is 0.938 bits per heavy atom. The Kier molecular flexibility index (Phi) is 6.08. The van der Waals surface area contributed by atoms with Crippen LogP contribution in [-0.2, 0) is 4.74 Å². The number of benzene rings is 3. The Bertz CT molecular complexity index is 1240. The lowest BCUT2D eigenvalue weighted by Gasteiger charge is -2.23. The van der Waals surface area contributed by atoms with Crippen LogP contribution >= 0.6 is 0 Å². The molecule has 5 nitrogen and oxygen atoms in total. The molecule has 0 aliphatic carbocycles. The second-order valence-electron chi connectivity index (χ2n) is 8.05. The van der Waals surface area contributed by atoms with Crippen LogP contribution in [0.25, 0.3) is 10.9 Å². The predicted octanol–water partition coefficient (Wildman–Crippen LogP) is 6.02. The number of carbonyl (C=O) groups is 1. The van der Waals surface area contributed by atoms with E-state index in [9.17, 15) is 9.90 Å². The molecule has 0 radical (unpaired) electrons. The Balaban J connectivity index is 1.71. The van der Waals surface area contributed by atoms with Gasteiger partial charge in [-0.3, -0.25) is 0 Å². The molecule has 0 fully saturated rings. The van der Waals surface area contributed by atoms with Crippen LogP contribution in [0.3, 0.4) is 0 Å². The van der Waals surface area contributed by atoms with Crippen molar-refractivity contribution in [2.24, 2.45) is 0 Å². The number of fused-ring (bicyclic) bond motifs is 1. The first-order chi connectivity index (χ1) is 15.4. The van der Waals surface area contributed by atoms with E-state index < -0.39 is 0 Å².